The summed E-state index contributed by atoms with van der Waals surface area (Å²) in [5.41, 5.74) is 0.838. The van der Waals surface area contributed by atoms with Crippen molar-refractivity contribution in [2.45, 2.75) is 6.54 Å². The van der Waals surface area contributed by atoms with Gasteiger partial charge in [0.25, 0.3) is 10.1 Å². The Bertz CT molecular complexity index is 625. The highest BCUT2D eigenvalue weighted by Crippen LogP contribution is 2.06. The van der Waals surface area contributed by atoms with Gasteiger partial charge in [-0.25, -0.2) is 0 Å². The van der Waals surface area contributed by atoms with Crippen LogP contribution in [0.25, 0.3) is 10.9 Å². The molecule has 1 aromatic carbocycles. The molecule has 0 atom stereocenters. The average Bonchev–Trinajstić information content (AvgIpc) is 2.36. The van der Waals surface area contributed by atoms with Crippen LogP contribution in [0.2, 0.25) is 0 Å². The van der Waals surface area contributed by atoms with Crippen LogP contribution < -0.4 is 4.68 Å². The molecule has 0 amide bonds. The molecule has 0 N–H and O–H groups in total. The third kappa shape index (κ3) is 2.98. The van der Waals surface area contributed by atoms with Crippen LogP contribution in [0.1, 0.15) is 0 Å². The van der Waals surface area contributed by atoms with Crippen LogP contribution in [0.5, 0.6) is 0 Å². The van der Waals surface area contributed by atoms with Gasteiger partial charge in [0.2, 0.25) is 0 Å². The molecule has 0 saturated carbocycles. The predicted molar refractivity (Wildman–Crippen MR) is 62.7 cm³/mol. The molecule has 0 aliphatic rings. The van der Waals surface area contributed by atoms with E-state index in [-0.39, 0.29) is 12.3 Å². The Morgan fingerprint density at radius 3 is 2.82 bits per heavy atom. The maximum absolute atomic E-state index is 11.2. The van der Waals surface area contributed by atoms with Crippen LogP contribution in [-0.2, 0) is 20.8 Å². The highest BCUT2D eigenvalue weighted by molar-refractivity contribution is 7.86. The van der Waals surface area contributed by atoms with Crippen molar-refractivity contribution in [1.82, 2.24) is 5.10 Å². The molecule has 1 aromatic heterocycles. The van der Waals surface area contributed by atoms with Gasteiger partial charge >= 0.3 is 0 Å². The lowest BCUT2D eigenvalue weighted by Crippen LogP contribution is -2.40. The number of benzene rings is 1. The highest BCUT2D eigenvalue weighted by atomic mass is 32.2. The summed E-state index contributed by atoms with van der Waals surface area (Å²) in [7, 11) is -2.27. The van der Waals surface area contributed by atoms with Crippen molar-refractivity contribution in [1.29, 1.82) is 0 Å². The van der Waals surface area contributed by atoms with E-state index in [1.807, 2.05) is 30.3 Å². The fraction of sp³-hybridized carbons (Fsp3) is 0.273. The van der Waals surface area contributed by atoms with Crippen molar-refractivity contribution >= 4 is 21.0 Å². The molecule has 0 aliphatic heterocycles. The fourth-order valence-electron chi connectivity index (χ4n) is 1.47. The normalized spacial score (nSPS) is 11.8. The largest absolute Gasteiger partial charge is 0.273 e. The maximum atomic E-state index is 11.2. The number of hydrogen-bond donors (Lipinski definition) is 0. The van der Waals surface area contributed by atoms with Crippen LogP contribution >= 0.6 is 0 Å². The van der Waals surface area contributed by atoms with E-state index in [0.717, 1.165) is 18.0 Å². The number of nitrogens with zero attached hydrogens (tertiary/aromatic N) is 2. The number of hydrogen-bond acceptors (Lipinski definition) is 4. The Balaban J connectivity index is 2.20. The summed E-state index contributed by atoms with van der Waals surface area (Å²) < 4.78 is 28.3. The van der Waals surface area contributed by atoms with Crippen molar-refractivity contribution in [2.24, 2.45) is 0 Å². The summed E-state index contributed by atoms with van der Waals surface area (Å²) >= 11 is 0. The molecule has 1 heterocycles. The number of rotatable bonds is 4. The topological polar surface area (TPSA) is 60.1 Å². The molecule has 0 fully saturated rings. The SMILES string of the molecule is COS(=O)(=O)CC[n+]1ccc2ccccc2n1. The van der Waals surface area contributed by atoms with E-state index in [9.17, 15) is 8.42 Å². The van der Waals surface area contributed by atoms with Crippen molar-refractivity contribution in [3.8, 4) is 0 Å². The molecule has 2 rings (SSSR count). The smallest absolute Gasteiger partial charge is 0.273 e. The minimum absolute atomic E-state index is 0.0838. The zero-order valence-corrected chi connectivity index (χ0v) is 10.2. The van der Waals surface area contributed by atoms with Gasteiger partial charge in [-0.15, -0.1) is 0 Å². The molecule has 6 heteroatoms. The van der Waals surface area contributed by atoms with E-state index >= 15 is 0 Å². The van der Waals surface area contributed by atoms with Gasteiger partial charge in [-0.2, -0.15) is 8.42 Å². The third-order valence-electron chi connectivity index (χ3n) is 2.42. The van der Waals surface area contributed by atoms with Crippen molar-refractivity contribution in [3.05, 3.63) is 36.5 Å². The van der Waals surface area contributed by atoms with E-state index in [1.54, 1.807) is 10.9 Å². The summed E-state index contributed by atoms with van der Waals surface area (Å²) in [4.78, 5) is 0. The molecule has 0 saturated heterocycles. The van der Waals surface area contributed by atoms with Gasteiger partial charge in [-0.1, -0.05) is 22.9 Å². The van der Waals surface area contributed by atoms with Gasteiger partial charge in [-0.05, 0) is 6.07 Å². The molecule has 0 radical (unpaired) electrons. The van der Waals surface area contributed by atoms with Crippen LogP contribution in [0.3, 0.4) is 0 Å². The van der Waals surface area contributed by atoms with E-state index in [1.165, 1.54) is 0 Å². The summed E-state index contributed by atoms with van der Waals surface area (Å²) in [6, 6.07) is 9.58. The Morgan fingerprint density at radius 1 is 1.29 bits per heavy atom. The number of aromatic nitrogens is 2. The first-order valence-corrected chi connectivity index (χ1v) is 6.72. The van der Waals surface area contributed by atoms with Gasteiger partial charge < -0.3 is 0 Å². The molecule has 0 unspecified atom stereocenters. The van der Waals surface area contributed by atoms with Gasteiger partial charge in [0.05, 0.1) is 7.11 Å². The van der Waals surface area contributed by atoms with Crippen molar-refractivity contribution < 1.29 is 17.3 Å². The Hall–Kier alpha value is -1.53. The van der Waals surface area contributed by atoms with Gasteiger partial charge in [0, 0.05) is 16.6 Å². The van der Waals surface area contributed by atoms with Gasteiger partial charge in [0.15, 0.2) is 12.7 Å². The summed E-state index contributed by atoms with van der Waals surface area (Å²) in [6.07, 6.45) is 1.76. The second kappa shape index (κ2) is 4.77. The first kappa shape index (κ1) is 11.9. The monoisotopic (exact) mass is 253 g/mol. The Morgan fingerprint density at radius 2 is 2.06 bits per heavy atom. The lowest BCUT2D eigenvalue weighted by molar-refractivity contribution is -0.747. The molecular formula is C11H13N2O3S+. The second-order valence-electron chi connectivity index (χ2n) is 3.57. The minimum atomic E-state index is -3.43. The van der Waals surface area contributed by atoms with E-state index in [4.69, 9.17) is 0 Å². The first-order valence-electron chi connectivity index (χ1n) is 5.14. The third-order valence-corrected chi connectivity index (χ3v) is 3.61. The quantitative estimate of drug-likeness (QED) is 0.588. The fourth-order valence-corrected chi connectivity index (χ4v) is 2.05. The van der Waals surface area contributed by atoms with E-state index in [2.05, 4.69) is 9.28 Å². The summed E-state index contributed by atoms with van der Waals surface area (Å²) in [6.45, 7) is 0.279. The van der Waals surface area contributed by atoms with Crippen molar-refractivity contribution in [2.75, 3.05) is 12.9 Å². The zero-order chi connectivity index (χ0) is 12.3. The molecule has 17 heavy (non-hydrogen) atoms. The van der Waals surface area contributed by atoms with Crippen LogP contribution in [0.15, 0.2) is 36.5 Å². The standard InChI is InChI=1S/C11H13N2O3S/c1-16-17(14,15)9-8-13-7-6-10-4-2-3-5-11(10)12-13/h2-7H,8-9H2,1H3/q+1. The van der Waals surface area contributed by atoms with Crippen LogP contribution in [0, 0.1) is 0 Å². The number of aryl methyl sites for hydroxylation is 1. The van der Waals surface area contributed by atoms with Crippen molar-refractivity contribution in [3.63, 3.8) is 0 Å². The van der Waals surface area contributed by atoms with Gasteiger partial charge in [0.1, 0.15) is 11.3 Å². The lowest BCUT2D eigenvalue weighted by atomic mass is 10.2. The summed E-state index contributed by atoms with van der Waals surface area (Å²) in [5.74, 6) is -0.0838. The van der Waals surface area contributed by atoms with Crippen LogP contribution in [0.4, 0.5) is 0 Å². The predicted octanol–water partition coefficient (Wildman–Crippen LogP) is 0.498. The average molecular weight is 253 g/mol. The highest BCUT2D eigenvalue weighted by Gasteiger charge is 2.13. The summed E-state index contributed by atoms with van der Waals surface area (Å²) in [5, 5.41) is 5.34. The molecule has 0 aliphatic carbocycles. The molecular weight excluding hydrogens is 240 g/mol. The molecule has 5 nitrogen and oxygen atoms in total. The maximum Gasteiger partial charge on any atom is 0.273 e. The first-order chi connectivity index (χ1) is 8.11. The minimum Gasteiger partial charge on any atom is -0.273 e. The van der Waals surface area contributed by atoms with E-state index in [0.29, 0.717) is 0 Å². The van der Waals surface area contributed by atoms with Gasteiger partial charge in [-0.3, -0.25) is 4.18 Å². The number of fused-ring (bicyclic) bond motifs is 1. The molecule has 0 bridgehead atoms. The lowest BCUT2D eigenvalue weighted by Gasteiger charge is -1.98. The Kier molecular flexibility index (Phi) is 3.35. The zero-order valence-electron chi connectivity index (χ0n) is 9.41. The Labute approximate surface area is 99.8 Å². The molecule has 2 aromatic rings. The second-order valence-corrected chi connectivity index (χ2v) is 5.42. The van der Waals surface area contributed by atoms with E-state index < -0.39 is 10.1 Å². The molecule has 90 valence electrons. The molecule has 0 spiro atoms. The van der Waals surface area contributed by atoms with Crippen LogP contribution in [-0.4, -0.2) is 26.4 Å².